The molecule has 3 heterocycles. The van der Waals surface area contributed by atoms with E-state index in [1.165, 1.54) is 0 Å². The van der Waals surface area contributed by atoms with Gasteiger partial charge in [0.1, 0.15) is 0 Å². The van der Waals surface area contributed by atoms with Gasteiger partial charge in [-0.3, -0.25) is 9.78 Å². The first kappa shape index (κ1) is 14.3. The maximum atomic E-state index is 12.7. The van der Waals surface area contributed by atoms with Crippen molar-refractivity contribution < 1.29 is 4.79 Å². The Kier molecular flexibility index (Phi) is 4.36. The second kappa shape index (κ2) is 6.41. The highest BCUT2D eigenvalue weighted by Gasteiger charge is 2.22. The second-order valence-electron chi connectivity index (χ2n) is 5.14. The zero-order valence-electron chi connectivity index (χ0n) is 11.8. The molecule has 0 bridgehead atoms. The molecule has 0 saturated carbocycles. The van der Waals surface area contributed by atoms with Gasteiger partial charge in [-0.15, -0.1) is 11.6 Å². The van der Waals surface area contributed by atoms with Gasteiger partial charge < -0.3 is 9.80 Å². The monoisotopic (exact) mass is 307 g/mol. The largest absolute Gasteiger partial charge is 0.337 e. The lowest BCUT2D eigenvalue weighted by molar-refractivity contribution is 0.0763. The number of hydrogen-bond donors (Lipinski definition) is 0. The van der Waals surface area contributed by atoms with Crippen molar-refractivity contribution in [2.24, 2.45) is 0 Å². The van der Waals surface area contributed by atoms with E-state index in [1.54, 1.807) is 29.3 Å². The van der Waals surface area contributed by atoms with Gasteiger partial charge in [-0.25, -0.2) is 4.52 Å². The smallest absolute Gasteiger partial charge is 0.257 e. The van der Waals surface area contributed by atoms with E-state index in [1.807, 2.05) is 4.90 Å². The average Bonchev–Trinajstić information content (AvgIpc) is 2.80. The minimum absolute atomic E-state index is 0.0331. The zero-order valence-corrected chi connectivity index (χ0v) is 12.5. The number of carbonyl (C=O) groups is 1. The highest BCUT2D eigenvalue weighted by molar-refractivity contribution is 6.18. The molecule has 1 amide bonds. The van der Waals surface area contributed by atoms with Gasteiger partial charge in [0.15, 0.2) is 0 Å². The standard InChI is InChI=1S/C14H18ClN5O/c15-2-6-18-4-1-5-19(9-8-18)14(21)12-10-17-20-7-3-16-11-13(12)20/h3,7,10-11H,1-2,4-6,8-9H2. The Balaban J connectivity index is 1.76. The molecule has 1 fully saturated rings. The summed E-state index contributed by atoms with van der Waals surface area (Å²) in [6, 6.07) is 0. The van der Waals surface area contributed by atoms with Crippen LogP contribution >= 0.6 is 11.6 Å². The molecule has 0 N–H and O–H groups in total. The molecule has 0 atom stereocenters. The second-order valence-corrected chi connectivity index (χ2v) is 5.52. The minimum Gasteiger partial charge on any atom is -0.337 e. The molecular formula is C14H18ClN5O. The molecule has 1 aliphatic heterocycles. The van der Waals surface area contributed by atoms with E-state index in [0.29, 0.717) is 11.4 Å². The molecule has 6 nitrogen and oxygen atoms in total. The fourth-order valence-corrected chi connectivity index (χ4v) is 2.93. The highest BCUT2D eigenvalue weighted by Crippen LogP contribution is 2.14. The SMILES string of the molecule is O=C(c1cnn2ccncc12)N1CCCN(CCCl)CC1. The van der Waals surface area contributed by atoms with Gasteiger partial charge in [-0.1, -0.05) is 0 Å². The van der Waals surface area contributed by atoms with Crippen LogP contribution in [-0.4, -0.2) is 68.9 Å². The van der Waals surface area contributed by atoms with Crippen LogP contribution in [0.3, 0.4) is 0 Å². The van der Waals surface area contributed by atoms with E-state index in [9.17, 15) is 4.79 Å². The lowest BCUT2D eigenvalue weighted by atomic mass is 10.2. The van der Waals surface area contributed by atoms with Gasteiger partial charge in [0, 0.05) is 44.5 Å². The third-order valence-electron chi connectivity index (χ3n) is 3.83. The summed E-state index contributed by atoms with van der Waals surface area (Å²) in [5.74, 6) is 0.666. The van der Waals surface area contributed by atoms with Gasteiger partial charge in [0.2, 0.25) is 0 Å². The molecule has 1 aliphatic rings. The summed E-state index contributed by atoms with van der Waals surface area (Å²) >= 11 is 5.79. The zero-order chi connectivity index (χ0) is 14.7. The molecule has 2 aromatic heterocycles. The van der Waals surface area contributed by atoms with Crippen molar-refractivity contribution >= 4 is 23.0 Å². The summed E-state index contributed by atoms with van der Waals surface area (Å²) in [5, 5.41) is 4.20. The summed E-state index contributed by atoms with van der Waals surface area (Å²) in [7, 11) is 0. The van der Waals surface area contributed by atoms with Crippen molar-refractivity contribution in [2.75, 3.05) is 38.6 Å². The Labute approximate surface area is 128 Å². The number of alkyl halides is 1. The van der Waals surface area contributed by atoms with Gasteiger partial charge >= 0.3 is 0 Å². The Morgan fingerprint density at radius 1 is 1.24 bits per heavy atom. The first-order valence-electron chi connectivity index (χ1n) is 7.14. The number of halogens is 1. The first-order valence-corrected chi connectivity index (χ1v) is 7.68. The number of amides is 1. The number of fused-ring (bicyclic) bond motifs is 1. The van der Waals surface area contributed by atoms with Crippen LogP contribution in [0.1, 0.15) is 16.8 Å². The third-order valence-corrected chi connectivity index (χ3v) is 4.00. The Bertz CT molecular complexity index is 629. The van der Waals surface area contributed by atoms with Gasteiger partial charge in [-0.2, -0.15) is 5.10 Å². The van der Waals surface area contributed by atoms with Crippen molar-refractivity contribution in [3.8, 4) is 0 Å². The summed E-state index contributed by atoms with van der Waals surface area (Å²) in [5.41, 5.74) is 1.37. The molecule has 21 heavy (non-hydrogen) atoms. The first-order chi connectivity index (χ1) is 10.3. The van der Waals surface area contributed by atoms with E-state index in [-0.39, 0.29) is 5.91 Å². The number of rotatable bonds is 3. The molecule has 2 aromatic rings. The predicted octanol–water partition coefficient (Wildman–Crippen LogP) is 1.12. The molecule has 0 spiro atoms. The molecule has 0 aromatic carbocycles. The third kappa shape index (κ3) is 3.01. The molecule has 0 radical (unpaired) electrons. The van der Waals surface area contributed by atoms with Crippen LogP contribution in [0.15, 0.2) is 24.8 Å². The lowest BCUT2D eigenvalue weighted by Gasteiger charge is -2.21. The maximum Gasteiger partial charge on any atom is 0.257 e. The Morgan fingerprint density at radius 3 is 3.00 bits per heavy atom. The van der Waals surface area contributed by atoms with Gasteiger partial charge in [-0.05, 0) is 13.0 Å². The number of carbonyl (C=O) groups excluding carboxylic acids is 1. The van der Waals surface area contributed by atoms with Crippen molar-refractivity contribution in [1.82, 2.24) is 24.4 Å². The van der Waals surface area contributed by atoms with Crippen LogP contribution in [0, 0.1) is 0 Å². The molecule has 7 heteroatoms. The summed E-state index contributed by atoms with van der Waals surface area (Å²) in [6.45, 7) is 4.25. The van der Waals surface area contributed by atoms with Crippen molar-refractivity contribution in [3.63, 3.8) is 0 Å². The molecular weight excluding hydrogens is 290 g/mol. The molecule has 112 valence electrons. The highest BCUT2D eigenvalue weighted by atomic mass is 35.5. The van der Waals surface area contributed by atoms with E-state index < -0.39 is 0 Å². The van der Waals surface area contributed by atoms with Crippen LogP contribution in [0.5, 0.6) is 0 Å². The Morgan fingerprint density at radius 2 is 2.14 bits per heavy atom. The van der Waals surface area contributed by atoms with Crippen molar-refractivity contribution in [1.29, 1.82) is 0 Å². The van der Waals surface area contributed by atoms with E-state index in [0.717, 1.165) is 44.7 Å². The predicted molar refractivity (Wildman–Crippen MR) is 80.7 cm³/mol. The van der Waals surface area contributed by atoms with Crippen LogP contribution in [0.25, 0.3) is 5.52 Å². The summed E-state index contributed by atoms with van der Waals surface area (Å²) < 4.78 is 1.68. The lowest BCUT2D eigenvalue weighted by Crippen LogP contribution is -2.35. The normalized spacial score (nSPS) is 17.1. The van der Waals surface area contributed by atoms with E-state index in [4.69, 9.17) is 11.6 Å². The van der Waals surface area contributed by atoms with Crippen molar-refractivity contribution in [3.05, 3.63) is 30.4 Å². The number of hydrogen-bond acceptors (Lipinski definition) is 4. The van der Waals surface area contributed by atoms with Crippen LogP contribution in [-0.2, 0) is 0 Å². The number of aromatic nitrogens is 3. The van der Waals surface area contributed by atoms with Crippen LogP contribution in [0.2, 0.25) is 0 Å². The fourth-order valence-electron chi connectivity index (χ4n) is 2.69. The average molecular weight is 308 g/mol. The topological polar surface area (TPSA) is 53.7 Å². The summed E-state index contributed by atoms with van der Waals surface area (Å²) in [6.07, 6.45) is 7.68. The van der Waals surface area contributed by atoms with E-state index >= 15 is 0 Å². The van der Waals surface area contributed by atoms with Crippen LogP contribution in [0.4, 0.5) is 0 Å². The Hall–Kier alpha value is -1.66. The fraction of sp³-hybridized carbons (Fsp3) is 0.500. The number of nitrogens with zero attached hydrogens (tertiary/aromatic N) is 5. The quantitative estimate of drug-likeness (QED) is 0.797. The molecule has 0 aliphatic carbocycles. The molecule has 0 unspecified atom stereocenters. The minimum atomic E-state index is 0.0331. The maximum absolute atomic E-state index is 12.7. The van der Waals surface area contributed by atoms with Gasteiger partial charge in [0.25, 0.3) is 5.91 Å². The van der Waals surface area contributed by atoms with E-state index in [2.05, 4.69) is 15.0 Å². The van der Waals surface area contributed by atoms with Gasteiger partial charge in [0.05, 0.1) is 23.5 Å². The molecule has 1 saturated heterocycles. The van der Waals surface area contributed by atoms with Crippen molar-refractivity contribution in [2.45, 2.75) is 6.42 Å². The van der Waals surface area contributed by atoms with Crippen LogP contribution < -0.4 is 0 Å². The summed E-state index contributed by atoms with van der Waals surface area (Å²) in [4.78, 5) is 21.0. The molecule has 3 rings (SSSR count).